The van der Waals surface area contributed by atoms with E-state index in [9.17, 15) is 9.18 Å². The molecule has 1 aromatic carbocycles. The van der Waals surface area contributed by atoms with Gasteiger partial charge < -0.3 is 19.5 Å². The average Bonchev–Trinajstić information content (AvgIpc) is 3.50. The maximum absolute atomic E-state index is 14.5. The van der Waals surface area contributed by atoms with Gasteiger partial charge in [0.15, 0.2) is 0 Å². The van der Waals surface area contributed by atoms with Crippen LogP contribution >= 0.6 is 0 Å². The molecule has 3 fully saturated rings. The molecule has 7 heteroatoms. The van der Waals surface area contributed by atoms with Crippen molar-refractivity contribution in [1.29, 1.82) is 0 Å². The molecule has 0 atom stereocenters. The second-order valence-electron chi connectivity index (χ2n) is 10.6. The molecule has 2 aromatic rings. The van der Waals surface area contributed by atoms with E-state index in [1.807, 2.05) is 13.0 Å². The van der Waals surface area contributed by atoms with Gasteiger partial charge in [-0.2, -0.15) is 0 Å². The van der Waals surface area contributed by atoms with Crippen LogP contribution in [0.5, 0.6) is 0 Å². The summed E-state index contributed by atoms with van der Waals surface area (Å²) in [6.07, 6.45) is 11.0. The molecule has 5 rings (SSSR count). The van der Waals surface area contributed by atoms with E-state index in [1.54, 1.807) is 12.1 Å². The quantitative estimate of drug-likeness (QED) is 0.556. The van der Waals surface area contributed by atoms with Gasteiger partial charge in [-0.25, -0.2) is 9.18 Å². The first kappa shape index (κ1) is 24.6. The maximum Gasteiger partial charge on any atom is 0.407 e. The number of likely N-dealkylation sites (tertiary alicyclic amines) is 2. The molecular formula is C28H41FN4O2. The van der Waals surface area contributed by atoms with Crippen LogP contribution in [0.25, 0.3) is 10.9 Å². The van der Waals surface area contributed by atoms with Gasteiger partial charge in [0.05, 0.1) is 13.2 Å². The predicted molar refractivity (Wildman–Crippen MR) is 137 cm³/mol. The van der Waals surface area contributed by atoms with Crippen LogP contribution in [-0.2, 0) is 17.8 Å². The molecule has 3 aliphatic rings. The number of aromatic nitrogens is 1. The number of alkyl carbamates (subject to hydrolysis) is 1. The number of carbonyl (C=O) groups is 1. The van der Waals surface area contributed by atoms with E-state index < -0.39 is 6.09 Å². The van der Waals surface area contributed by atoms with Crippen molar-refractivity contribution < 1.29 is 13.9 Å². The summed E-state index contributed by atoms with van der Waals surface area (Å²) in [6, 6.07) is 6.32. The van der Waals surface area contributed by atoms with E-state index >= 15 is 0 Å². The highest BCUT2D eigenvalue weighted by Crippen LogP contribution is 2.37. The molecule has 0 unspecified atom stereocenters. The van der Waals surface area contributed by atoms with Crippen molar-refractivity contribution in [3.8, 4) is 0 Å². The van der Waals surface area contributed by atoms with Gasteiger partial charge in [-0.1, -0.05) is 19.3 Å². The highest BCUT2D eigenvalue weighted by molar-refractivity contribution is 5.86. The first-order valence-electron chi connectivity index (χ1n) is 13.8. The third kappa shape index (κ3) is 5.51. The number of hydrogen-bond donors (Lipinski definition) is 1. The Morgan fingerprint density at radius 3 is 2.46 bits per heavy atom. The standard InChI is InChI=1S/C28H41FN4O2/c1-2-35-28(34)30-19-27-25(20-31-14-6-7-15-31)24-18-21(29)10-11-26(24)33(27)23-12-16-32(17-13-23)22-8-4-3-5-9-22/h10-11,18,22-23H,2-9,12-17,19-20H2,1H3,(H,30,34). The zero-order valence-electron chi connectivity index (χ0n) is 21.2. The molecule has 0 spiro atoms. The van der Waals surface area contributed by atoms with Gasteiger partial charge in [0.1, 0.15) is 5.82 Å². The number of halogens is 1. The van der Waals surface area contributed by atoms with Crippen molar-refractivity contribution in [2.24, 2.45) is 0 Å². The van der Waals surface area contributed by atoms with Crippen molar-refractivity contribution in [1.82, 2.24) is 19.7 Å². The Labute approximate surface area is 208 Å². The van der Waals surface area contributed by atoms with E-state index in [0.29, 0.717) is 19.2 Å². The Hall–Kier alpha value is -2.12. The SMILES string of the molecule is CCOC(=O)NCc1c(CN2CCCC2)c2cc(F)ccc2n1C1CCN(C2CCCCC2)CC1. The summed E-state index contributed by atoms with van der Waals surface area (Å²) < 4.78 is 22.1. The molecule has 1 aliphatic carbocycles. The molecule has 0 radical (unpaired) electrons. The number of fused-ring (bicyclic) bond motifs is 1. The number of ether oxygens (including phenoxy) is 1. The average molecular weight is 485 g/mol. The highest BCUT2D eigenvalue weighted by Gasteiger charge is 2.30. The topological polar surface area (TPSA) is 49.7 Å². The first-order valence-corrected chi connectivity index (χ1v) is 13.8. The molecule has 192 valence electrons. The monoisotopic (exact) mass is 484 g/mol. The smallest absolute Gasteiger partial charge is 0.407 e. The van der Waals surface area contributed by atoms with Crippen molar-refractivity contribution in [3.05, 3.63) is 35.3 Å². The van der Waals surface area contributed by atoms with Crippen LogP contribution in [0, 0.1) is 5.82 Å². The van der Waals surface area contributed by atoms with Gasteiger partial charge in [-0.05, 0) is 82.3 Å². The lowest BCUT2D eigenvalue weighted by Gasteiger charge is -2.40. The molecule has 35 heavy (non-hydrogen) atoms. The third-order valence-corrected chi connectivity index (χ3v) is 8.39. The summed E-state index contributed by atoms with van der Waals surface area (Å²) in [7, 11) is 0. The van der Waals surface area contributed by atoms with Gasteiger partial charge in [-0.3, -0.25) is 4.90 Å². The Morgan fingerprint density at radius 1 is 1.00 bits per heavy atom. The van der Waals surface area contributed by atoms with Crippen LogP contribution < -0.4 is 5.32 Å². The van der Waals surface area contributed by atoms with Crippen LogP contribution in [0.1, 0.15) is 82.0 Å². The largest absolute Gasteiger partial charge is 0.450 e. The van der Waals surface area contributed by atoms with E-state index in [1.165, 1.54) is 44.9 Å². The number of amides is 1. The summed E-state index contributed by atoms with van der Waals surface area (Å²) in [5.41, 5.74) is 3.37. The summed E-state index contributed by atoms with van der Waals surface area (Å²) >= 11 is 0. The number of nitrogens with one attached hydrogen (secondary N) is 1. The van der Waals surface area contributed by atoms with Gasteiger partial charge in [0.25, 0.3) is 0 Å². The molecule has 1 amide bonds. The summed E-state index contributed by atoms with van der Waals surface area (Å²) in [4.78, 5) is 17.4. The van der Waals surface area contributed by atoms with Crippen LogP contribution in [0.3, 0.4) is 0 Å². The summed E-state index contributed by atoms with van der Waals surface area (Å²) in [6.45, 7) is 7.75. The Kier molecular flexibility index (Phi) is 7.93. The van der Waals surface area contributed by atoms with Crippen molar-refractivity contribution in [2.75, 3.05) is 32.8 Å². The molecule has 6 nitrogen and oxygen atoms in total. The Morgan fingerprint density at radius 2 is 1.74 bits per heavy atom. The first-order chi connectivity index (χ1) is 17.1. The van der Waals surface area contributed by atoms with E-state index in [-0.39, 0.29) is 5.82 Å². The highest BCUT2D eigenvalue weighted by atomic mass is 19.1. The lowest BCUT2D eigenvalue weighted by atomic mass is 9.92. The van der Waals surface area contributed by atoms with Crippen LogP contribution in [0.15, 0.2) is 18.2 Å². The van der Waals surface area contributed by atoms with Gasteiger partial charge in [0, 0.05) is 48.3 Å². The summed E-state index contributed by atoms with van der Waals surface area (Å²) in [5.74, 6) is -0.200. The molecule has 1 N–H and O–H groups in total. The fourth-order valence-corrected chi connectivity index (χ4v) is 6.65. The van der Waals surface area contributed by atoms with Crippen molar-refractivity contribution in [3.63, 3.8) is 0 Å². The lowest BCUT2D eigenvalue weighted by Crippen LogP contribution is -2.43. The number of benzene rings is 1. The van der Waals surface area contributed by atoms with Gasteiger partial charge in [-0.15, -0.1) is 0 Å². The van der Waals surface area contributed by atoms with E-state index in [0.717, 1.165) is 73.8 Å². The number of carbonyl (C=O) groups excluding carboxylic acids is 1. The fourth-order valence-electron chi connectivity index (χ4n) is 6.65. The van der Waals surface area contributed by atoms with Gasteiger partial charge >= 0.3 is 6.09 Å². The predicted octanol–water partition coefficient (Wildman–Crippen LogP) is 5.59. The molecule has 1 aromatic heterocycles. The van der Waals surface area contributed by atoms with Crippen LogP contribution in [-0.4, -0.2) is 59.3 Å². The van der Waals surface area contributed by atoms with Crippen molar-refractivity contribution in [2.45, 2.75) is 89.9 Å². The van der Waals surface area contributed by atoms with Gasteiger partial charge in [0.2, 0.25) is 0 Å². The molecule has 1 saturated carbocycles. The normalized spacial score (nSPS) is 21.1. The molecular weight excluding hydrogens is 443 g/mol. The van der Waals surface area contributed by atoms with E-state index in [4.69, 9.17) is 4.74 Å². The molecule has 0 bridgehead atoms. The lowest BCUT2D eigenvalue weighted by molar-refractivity contribution is 0.109. The summed E-state index contributed by atoms with van der Waals surface area (Å²) in [5, 5.41) is 3.97. The van der Waals surface area contributed by atoms with E-state index in [2.05, 4.69) is 19.7 Å². The minimum atomic E-state index is -0.394. The minimum absolute atomic E-state index is 0.200. The Balaban J connectivity index is 1.46. The minimum Gasteiger partial charge on any atom is -0.450 e. The molecule has 2 aliphatic heterocycles. The number of nitrogens with zero attached hydrogens (tertiary/aromatic N) is 3. The zero-order chi connectivity index (χ0) is 24.2. The molecule has 2 saturated heterocycles. The number of piperidine rings is 1. The third-order valence-electron chi connectivity index (χ3n) is 8.39. The fraction of sp³-hybridized carbons (Fsp3) is 0.679. The van der Waals surface area contributed by atoms with Crippen LogP contribution in [0.4, 0.5) is 9.18 Å². The van der Waals surface area contributed by atoms with Crippen LogP contribution in [0.2, 0.25) is 0 Å². The second kappa shape index (κ2) is 11.3. The number of hydrogen-bond acceptors (Lipinski definition) is 4. The Bertz CT molecular complexity index is 1000. The maximum atomic E-state index is 14.5. The number of rotatable bonds is 7. The zero-order valence-corrected chi connectivity index (χ0v) is 21.2. The second-order valence-corrected chi connectivity index (χ2v) is 10.6. The molecule has 3 heterocycles. The van der Waals surface area contributed by atoms with Crippen molar-refractivity contribution >= 4 is 17.0 Å².